The maximum atomic E-state index is 12.9. The molecule has 2 nitrogen and oxygen atoms in total. The SMILES string of the molecule is CC1(C)CCC23CC[C@]4(C)C(CCC5C6(C)CCC(=O)C(C)(C)C6CCC54C)C2C1OC3. The lowest BCUT2D eigenvalue weighted by Crippen LogP contribution is -2.67. The Morgan fingerprint density at radius 2 is 1.47 bits per heavy atom. The normalized spacial score (nSPS) is 57.7. The minimum atomic E-state index is -0.136. The number of hydrogen-bond acceptors (Lipinski definition) is 2. The Bertz CT molecular complexity index is 842. The third-order valence-electron chi connectivity index (χ3n) is 13.9. The van der Waals surface area contributed by atoms with Crippen LogP contribution in [0, 0.1) is 56.2 Å². The van der Waals surface area contributed by atoms with Gasteiger partial charge < -0.3 is 4.74 Å². The molecule has 1 saturated heterocycles. The second-order valence-electron chi connectivity index (χ2n) is 15.4. The molecule has 5 aliphatic carbocycles. The summed E-state index contributed by atoms with van der Waals surface area (Å²) in [5.74, 6) is 3.46. The topological polar surface area (TPSA) is 26.3 Å². The van der Waals surface area contributed by atoms with Gasteiger partial charge in [-0.25, -0.2) is 0 Å². The summed E-state index contributed by atoms with van der Waals surface area (Å²) in [5.41, 5.74) is 1.83. The van der Waals surface area contributed by atoms with E-state index in [1.165, 1.54) is 51.4 Å². The molecule has 5 saturated carbocycles. The van der Waals surface area contributed by atoms with E-state index in [1.54, 1.807) is 0 Å². The minimum absolute atomic E-state index is 0.136. The third kappa shape index (κ3) is 2.35. The lowest BCUT2D eigenvalue weighted by molar-refractivity contribution is -0.239. The zero-order valence-corrected chi connectivity index (χ0v) is 22.0. The third-order valence-corrected chi connectivity index (χ3v) is 13.9. The van der Waals surface area contributed by atoms with Crippen molar-refractivity contribution in [2.24, 2.45) is 56.2 Å². The first-order valence-electron chi connectivity index (χ1n) is 14.0. The van der Waals surface area contributed by atoms with Crippen molar-refractivity contribution in [2.75, 3.05) is 6.61 Å². The Hall–Kier alpha value is -0.370. The van der Waals surface area contributed by atoms with Gasteiger partial charge >= 0.3 is 0 Å². The molecule has 0 spiro atoms. The second kappa shape index (κ2) is 6.24. The largest absolute Gasteiger partial charge is 0.377 e. The number of Topliss-reactive ketones (excluding diaryl/α,β-unsaturated/α-hetero) is 1. The molecule has 32 heavy (non-hydrogen) atoms. The van der Waals surface area contributed by atoms with Crippen LogP contribution < -0.4 is 0 Å². The molecule has 180 valence electrons. The summed E-state index contributed by atoms with van der Waals surface area (Å²) in [6.07, 6.45) is 13.3. The van der Waals surface area contributed by atoms with E-state index in [9.17, 15) is 4.79 Å². The fourth-order valence-electron chi connectivity index (χ4n) is 11.8. The van der Waals surface area contributed by atoms with Crippen LogP contribution in [0.1, 0.15) is 113 Å². The molecule has 6 aliphatic rings. The summed E-state index contributed by atoms with van der Waals surface area (Å²) in [4.78, 5) is 12.9. The lowest BCUT2D eigenvalue weighted by Gasteiger charge is -2.72. The van der Waals surface area contributed by atoms with Crippen LogP contribution in [-0.2, 0) is 9.53 Å². The molecule has 0 aromatic rings. The van der Waals surface area contributed by atoms with E-state index in [0.717, 1.165) is 37.2 Å². The zero-order valence-electron chi connectivity index (χ0n) is 22.0. The Balaban J connectivity index is 1.40. The van der Waals surface area contributed by atoms with E-state index in [2.05, 4.69) is 48.5 Å². The summed E-state index contributed by atoms with van der Waals surface area (Å²) < 4.78 is 6.70. The molecule has 2 bridgehead atoms. The molecule has 1 aliphatic heterocycles. The molecule has 1 heterocycles. The molecule has 0 N–H and O–H groups in total. The second-order valence-corrected chi connectivity index (χ2v) is 15.4. The highest BCUT2D eigenvalue weighted by Gasteiger charge is 2.72. The fourth-order valence-corrected chi connectivity index (χ4v) is 11.8. The molecule has 0 aromatic carbocycles. The van der Waals surface area contributed by atoms with E-state index in [1.807, 2.05) is 0 Å². The van der Waals surface area contributed by atoms with Gasteiger partial charge in [0.05, 0.1) is 12.7 Å². The average molecular weight is 441 g/mol. The van der Waals surface area contributed by atoms with Gasteiger partial charge in [0.1, 0.15) is 5.78 Å². The van der Waals surface area contributed by atoms with E-state index in [4.69, 9.17) is 4.74 Å². The predicted octanol–water partition coefficient (Wildman–Crippen LogP) is 7.45. The highest BCUT2D eigenvalue weighted by Crippen LogP contribution is 2.77. The maximum absolute atomic E-state index is 12.9. The molecule has 6 rings (SSSR count). The monoisotopic (exact) mass is 440 g/mol. The molecule has 0 aromatic heterocycles. The van der Waals surface area contributed by atoms with Gasteiger partial charge in [-0.05, 0) is 109 Å². The number of ketones is 1. The molecule has 6 fully saturated rings. The van der Waals surface area contributed by atoms with Crippen LogP contribution in [0.5, 0.6) is 0 Å². The average Bonchev–Trinajstić information content (AvgIpc) is 3.05. The van der Waals surface area contributed by atoms with Crippen molar-refractivity contribution in [1.29, 1.82) is 0 Å². The highest BCUT2D eigenvalue weighted by molar-refractivity contribution is 5.85. The van der Waals surface area contributed by atoms with Gasteiger partial charge in [-0.1, -0.05) is 48.5 Å². The number of carbonyl (C=O) groups is 1. The molecular weight excluding hydrogens is 392 g/mol. The van der Waals surface area contributed by atoms with E-state index < -0.39 is 0 Å². The van der Waals surface area contributed by atoms with E-state index in [0.29, 0.717) is 44.9 Å². The van der Waals surface area contributed by atoms with Crippen molar-refractivity contribution < 1.29 is 9.53 Å². The molecule has 0 amide bonds. The van der Waals surface area contributed by atoms with Crippen molar-refractivity contribution in [3.8, 4) is 0 Å². The first kappa shape index (κ1) is 22.1. The Labute approximate surface area is 197 Å². The number of hydrogen-bond donors (Lipinski definition) is 0. The number of fused-ring (bicyclic) bond motifs is 5. The van der Waals surface area contributed by atoms with Gasteiger partial charge in [0, 0.05) is 11.8 Å². The van der Waals surface area contributed by atoms with Crippen molar-refractivity contribution in [1.82, 2.24) is 0 Å². The van der Waals surface area contributed by atoms with Gasteiger partial charge in [-0.15, -0.1) is 0 Å². The Kier molecular flexibility index (Phi) is 4.31. The summed E-state index contributed by atoms with van der Waals surface area (Å²) in [7, 11) is 0. The summed E-state index contributed by atoms with van der Waals surface area (Å²) >= 11 is 0. The van der Waals surface area contributed by atoms with Crippen molar-refractivity contribution in [3.63, 3.8) is 0 Å². The fraction of sp³-hybridized carbons (Fsp3) is 0.967. The van der Waals surface area contributed by atoms with Crippen LogP contribution in [0.25, 0.3) is 0 Å². The Morgan fingerprint density at radius 3 is 2.22 bits per heavy atom. The summed E-state index contributed by atoms with van der Waals surface area (Å²) in [6.45, 7) is 18.6. The lowest BCUT2D eigenvalue weighted by atomic mass is 9.31. The molecular formula is C30H48O2. The quantitative estimate of drug-likeness (QED) is 0.391. The van der Waals surface area contributed by atoms with Crippen molar-refractivity contribution >= 4 is 5.78 Å². The van der Waals surface area contributed by atoms with E-state index in [-0.39, 0.29) is 5.41 Å². The van der Waals surface area contributed by atoms with Gasteiger partial charge in [0.25, 0.3) is 0 Å². The van der Waals surface area contributed by atoms with Gasteiger partial charge in [-0.3, -0.25) is 4.79 Å². The number of carbonyl (C=O) groups excluding carboxylic acids is 1. The molecule has 9 atom stereocenters. The van der Waals surface area contributed by atoms with Crippen LogP contribution in [0.4, 0.5) is 0 Å². The standard InChI is InChI=1S/C30H48O2/c1-25(2)14-16-30-17-15-28(6)19(23(30)24(25)32-18-30)8-9-21-27(5)12-11-22(31)26(3,4)20(27)10-13-29(21,28)7/h19-21,23-24H,8-18H2,1-7H3/t19?,20?,21?,23?,24?,27?,28-,29?,30?/m1/s1. The first-order valence-corrected chi connectivity index (χ1v) is 14.0. The van der Waals surface area contributed by atoms with Crippen LogP contribution in [0.3, 0.4) is 0 Å². The zero-order chi connectivity index (χ0) is 22.9. The number of rotatable bonds is 0. The van der Waals surface area contributed by atoms with Crippen LogP contribution >= 0.6 is 0 Å². The molecule has 0 radical (unpaired) electrons. The van der Waals surface area contributed by atoms with Crippen LogP contribution in [0.15, 0.2) is 0 Å². The first-order chi connectivity index (χ1) is 14.8. The smallest absolute Gasteiger partial charge is 0.138 e. The Morgan fingerprint density at radius 1 is 0.750 bits per heavy atom. The number of ether oxygens (including phenoxy) is 1. The highest BCUT2D eigenvalue weighted by atomic mass is 16.5. The van der Waals surface area contributed by atoms with Gasteiger partial charge in [0.15, 0.2) is 0 Å². The van der Waals surface area contributed by atoms with Gasteiger partial charge in [-0.2, -0.15) is 0 Å². The van der Waals surface area contributed by atoms with E-state index >= 15 is 0 Å². The summed E-state index contributed by atoms with van der Waals surface area (Å²) in [6, 6.07) is 0. The van der Waals surface area contributed by atoms with Crippen LogP contribution in [0.2, 0.25) is 0 Å². The van der Waals surface area contributed by atoms with Gasteiger partial charge in [0.2, 0.25) is 0 Å². The van der Waals surface area contributed by atoms with Crippen molar-refractivity contribution in [3.05, 3.63) is 0 Å². The molecule has 2 heteroatoms. The van der Waals surface area contributed by atoms with Crippen molar-refractivity contribution in [2.45, 2.75) is 119 Å². The van der Waals surface area contributed by atoms with Crippen LogP contribution in [-0.4, -0.2) is 18.5 Å². The minimum Gasteiger partial charge on any atom is -0.377 e. The summed E-state index contributed by atoms with van der Waals surface area (Å²) in [5, 5.41) is 0. The molecule has 8 unspecified atom stereocenters. The maximum Gasteiger partial charge on any atom is 0.138 e. The predicted molar refractivity (Wildman–Crippen MR) is 129 cm³/mol.